The van der Waals surface area contributed by atoms with Crippen molar-refractivity contribution < 1.29 is 4.79 Å². The summed E-state index contributed by atoms with van der Waals surface area (Å²) < 4.78 is 1.99. The summed E-state index contributed by atoms with van der Waals surface area (Å²) in [5.41, 5.74) is 0.576. The predicted octanol–water partition coefficient (Wildman–Crippen LogP) is 1.99. The Hall–Kier alpha value is -2.17. The third-order valence-electron chi connectivity index (χ3n) is 2.95. The van der Waals surface area contributed by atoms with Gasteiger partial charge < -0.3 is 9.88 Å². The fourth-order valence-electron chi connectivity index (χ4n) is 1.74. The normalized spacial score (nSPS) is 11.3. The zero-order valence-corrected chi connectivity index (χ0v) is 12.1. The smallest absolute Gasteiger partial charge is 0.225 e. The van der Waals surface area contributed by atoms with E-state index >= 15 is 0 Å². The quantitative estimate of drug-likeness (QED) is 0.926. The molecule has 2 heterocycles. The maximum absolute atomic E-state index is 11.9. The van der Waals surface area contributed by atoms with Gasteiger partial charge in [0, 0.05) is 24.0 Å². The van der Waals surface area contributed by atoms with Gasteiger partial charge in [-0.15, -0.1) is 0 Å². The first kappa shape index (κ1) is 14.2. The SMILES string of the molecule is CC(C)(C)C(=O)NCc1nccn1Cc1ccccn1. The van der Waals surface area contributed by atoms with Gasteiger partial charge >= 0.3 is 0 Å². The third kappa shape index (κ3) is 3.66. The number of aromatic nitrogens is 3. The summed E-state index contributed by atoms with van der Waals surface area (Å²) in [5, 5.41) is 2.91. The number of hydrogen-bond donors (Lipinski definition) is 1. The van der Waals surface area contributed by atoms with Crippen LogP contribution in [-0.2, 0) is 17.9 Å². The Morgan fingerprint density at radius 1 is 1.25 bits per heavy atom. The minimum absolute atomic E-state index is 0.0184. The molecule has 2 aromatic rings. The van der Waals surface area contributed by atoms with Gasteiger partial charge in [0.05, 0.1) is 18.8 Å². The topological polar surface area (TPSA) is 59.8 Å². The van der Waals surface area contributed by atoms with E-state index in [0.29, 0.717) is 13.1 Å². The van der Waals surface area contributed by atoms with Crippen LogP contribution in [0.15, 0.2) is 36.8 Å². The van der Waals surface area contributed by atoms with Gasteiger partial charge in [-0.2, -0.15) is 0 Å². The van der Waals surface area contributed by atoms with Crippen LogP contribution in [0.2, 0.25) is 0 Å². The maximum atomic E-state index is 11.9. The lowest BCUT2D eigenvalue weighted by atomic mass is 9.96. The van der Waals surface area contributed by atoms with Crippen LogP contribution in [0.4, 0.5) is 0 Å². The summed E-state index contributed by atoms with van der Waals surface area (Å²) in [6.07, 6.45) is 5.40. The summed E-state index contributed by atoms with van der Waals surface area (Å²) >= 11 is 0. The number of rotatable bonds is 4. The van der Waals surface area contributed by atoms with Gasteiger partial charge in [-0.25, -0.2) is 4.98 Å². The molecular formula is C15H20N4O. The number of nitrogens with zero attached hydrogens (tertiary/aromatic N) is 3. The van der Waals surface area contributed by atoms with Gasteiger partial charge in [-0.3, -0.25) is 9.78 Å². The molecule has 0 aliphatic heterocycles. The monoisotopic (exact) mass is 272 g/mol. The van der Waals surface area contributed by atoms with Crippen LogP contribution in [0, 0.1) is 5.41 Å². The number of hydrogen-bond acceptors (Lipinski definition) is 3. The Labute approximate surface area is 119 Å². The van der Waals surface area contributed by atoms with E-state index < -0.39 is 5.41 Å². The molecule has 0 unspecified atom stereocenters. The van der Waals surface area contributed by atoms with E-state index in [9.17, 15) is 4.79 Å². The standard InChI is InChI=1S/C15H20N4O/c1-15(2,3)14(20)18-10-13-17-8-9-19(13)11-12-6-4-5-7-16-12/h4-9H,10-11H2,1-3H3,(H,18,20). The highest BCUT2D eigenvalue weighted by Crippen LogP contribution is 2.13. The van der Waals surface area contributed by atoms with E-state index in [1.807, 2.05) is 49.7 Å². The first-order chi connectivity index (χ1) is 9.47. The summed E-state index contributed by atoms with van der Waals surface area (Å²) in [7, 11) is 0. The van der Waals surface area contributed by atoms with Crippen LogP contribution in [0.25, 0.3) is 0 Å². The zero-order valence-electron chi connectivity index (χ0n) is 12.1. The number of pyridine rings is 1. The molecular weight excluding hydrogens is 252 g/mol. The number of carbonyl (C=O) groups excluding carboxylic acids is 1. The van der Waals surface area contributed by atoms with Gasteiger partial charge in [0.15, 0.2) is 0 Å². The van der Waals surface area contributed by atoms with Gasteiger partial charge in [-0.05, 0) is 12.1 Å². The first-order valence-electron chi connectivity index (χ1n) is 6.65. The van der Waals surface area contributed by atoms with E-state index in [1.165, 1.54) is 0 Å². The van der Waals surface area contributed by atoms with Crippen molar-refractivity contribution in [1.82, 2.24) is 19.9 Å². The second-order valence-corrected chi connectivity index (χ2v) is 5.73. The minimum Gasteiger partial charge on any atom is -0.348 e. The van der Waals surface area contributed by atoms with Crippen LogP contribution in [-0.4, -0.2) is 20.4 Å². The van der Waals surface area contributed by atoms with Crippen LogP contribution in [0.3, 0.4) is 0 Å². The summed E-state index contributed by atoms with van der Waals surface area (Å²) in [6, 6.07) is 5.82. The van der Waals surface area contributed by atoms with E-state index in [1.54, 1.807) is 12.4 Å². The molecule has 5 nitrogen and oxygen atoms in total. The highest BCUT2D eigenvalue weighted by atomic mass is 16.2. The van der Waals surface area contributed by atoms with E-state index in [4.69, 9.17) is 0 Å². The summed E-state index contributed by atoms with van der Waals surface area (Å²) in [4.78, 5) is 20.4. The molecule has 20 heavy (non-hydrogen) atoms. The van der Waals surface area contributed by atoms with E-state index in [0.717, 1.165) is 11.5 Å². The third-order valence-corrected chi connectivity index (χ3v) is 2.95. The molecule has 106 valence electrons. The van der Waals surface area contributed by atoms with Crippen molar-refractivity contribution in [3.63, 3.8) is 0 Å². The summed E-state index contributed by atoms with van der Waals surface area (Å²) in [5.74, 6) is 0.845. The molecule has 0 aromatic carbocycles. The van der Waals surface area contributed by atoms with Crippen molar-refractivity contribution in [1.29, 1.82) is 0 Å². The number of carbonyl (C=O) groups is 1. The second-order valence-electron chi connectivity index (χ2n) is 5.73. The van der Waals surface area contributed by atoms with E-state index in [2.05, 4.69) is 15.3 Å². The first-order valence-corrected chi connectivity index (χ1v) is 6.65. The lowest BCUT2D eigenvalue weighted by Crippen LogP contribution is -2.35. The molecule has 2 rings (SSSR count). The maximum Gasteiger partial charge on any atom is 0.225 e. The number of nitrogens with one attached hydrogen (secondary N) is 1. The van der Waals surface area contributed by atoms with Gasteiger partial charge in [0.1, 0.15) is 5.82 Å². The molecule has 0 spiro atoms. The van der Waals surface area contributed by atoms with Gasteiger partial charge in [-0.1, -0.05) is 26.8 Å². The van der Waals surface area contributed by atoms with Crippen LogP contribution < -0.4 is 5.32 Å². The van der Waals surface area contributed by atoms with Crippen molar-refractivity contribution in [2.24, 2.45) is 5.41 Å². The zero-order chi connectivity index (χ0) is 14.6. The molecule has 0 atom stereocenters. The molecule has 0 aliphatic carbocycles. The van der Waals surface area contributed by atoms with Crippen molar-refractivity contribution in [3.05, 3.63) is 48.3 Å². The average molecular weight is 272 g/mol. The van der Waals surface area contributed by atoms with E-state index in [-0.39, 0.29) is 5.91 Å². The molecule has 0 aliphatic rings. The van der Waals surface area contributed by atoms with Crippen LogP contribution in [0.1, 0.15) is 32.3 Å². The molecule has 0 fully saturated rings. The number of imidazole rings is 1. The predicted molar refractivity (Wildman–Crippen MR) is 76.9 cm³/mol. The highest BCUT2D eigenvalue weighted by Gasteiger charge is 2.21. The summed E-state index contributed by atoms with van der Waals surface area (Å²) in [6.45, 7) is 6.76. The highest BCUT2D eigenvalue weighted by molar-refractivity contribution is 5.81. The fourth-order valence-corrected chi connectivity index (χ4v) is 1.74. The molecule has 0 radical (unpaired) electrons. The van der Waals surface area contributed by atoms with Crippen molar-refractivity contribution >= 4 is 5.91 Å². The second kappa shape index (κ2) is 5.86. The number of amides is 1. The Morgan fingerprint density at radius 2 is 2.05 bits per heavy atom. The molecule has 1 N–H and O–H groups in total. The molecule has 2 aromatic heterocycles. The van der Waals surface area contributed by atoms with Crippen molar-refractivity contribution in [2.75, 3.05) is 0 Å². The van der Waals surface area contributed by atoms with Crippen LogP contribution in [0.5, 0.6) is 0 Å². The Balaban J connectivity index is 2.01. The Kier molecular flexibility index (Phi) is 4.17. The van der Waals surface area contributed by atoms with Crippen LogP contribution >= 0.6 is 0 Å². The van der Waals surface area contributed by atoms with Gasteiger partial charge in [0.25, 0.3) is 0 Å². The largest absolute Gasteiger partial charge is 0.348 e. The molecule has 0 bridgehead atoms. The molecule has 1 amide bonds. The fraction of sp³-hybridized carbons (Fsp3) is 0.400. The Bertz CT molecular complexity index is 569. The lowest BCUT2D eigenvalue weighted by molar-refractivity contribution is -0.128. The van der Waals surface area contributed by atoms with Gasteiger partial charge in [0.2, 0.25) is 5.91 Å². The Morgan fingerprint density at radius 3 is 2.70 bits per heavy atom. The van der Waals surface area contributed by atoms with Crippen molar-refractivity contribution in [3.8, 4) is 0 Å². The average Bonchev–Trinajstić information content (AvgIpc) is 2.83. The molecule has 0 saturated heterocycles. The molecule has 5 heteroatoms. The molecule has 0 saturated carbocycles. The van der Waals surface area contributed by atoms with Crippen molar-refractivity contribution in [2.45, 2.75) is 33.9 Å². The minimum atomic E-state index is -0.390. The lowest BCUT2D eigenvalue weighted by Gasteiger charge is -2.17.